The number of benzene rings is 1. The van der Waals surface area contributed by atoms with Crippen molar-refractivity contribution in [2.75, 3.05) is 13.7 Å². The first kappa shape index (κ1) is 10.6. The molecule has 0 fully saturated rings. The smallest absolute Gasteiger partial charge is 0.122 e. The Kier molecular flexibility index (Phi) is 4.05. The summed E-state index contributed by atoms with van der Waals surface area (Å²) < 4.78 is 10.4. The van der Waals surface area contributed by atoms with E-state index in [-0.39, 0.29) is 0 Å². The first-order valence-electron chi connectivity index (χ1n) is 4.54. The van der Waals surface area contributed by atoms with Crippen molar-refractivity contribution in [1.82, 2.24) is 0 Å². The summed E-state index contributed by atoms with van der Waals surface area (Å²) in [6.07, 6.45) is 1.92. The molecule has 0 aliphatic heterocycles. The molecule has 1 aromatic carbocycles. The van der Waals surface area contributed by atoms with Crippen LogP contribution in [0.1, 0.15) is 12.5 Å². The molecule has 0 spiro atoms. The fourth-order valence-corrected chi connectivity index (χ4v) is 1.20. The largest absolute Gasteiger partial charge is 0.497 e. The van der Waals surface area contributed by atoms with Crippen LogP contribution in [0.5, 0.6) is 5.75 Å². The van der Waals surface area contributed by atoms with Gasteiger partial charge in [-0.25, -0.2) is 0 Å². The van der Waals surface area contributed by atoms with Gasteiger partial charge >= 0.3 is 0 Å². The predicted octanol–water partition coefficient (Wildman–Crippen LogP) is 2.91. The predicted molar refractivity (Wildman–Crippen MR) is 58.0 cm³/mol. The number of hydrogen-bond acceptors (Lipinski definition) is 2. The minimum atomic E-state index is 0.436. The van der Waals surface area contributed by atoms with Crippen LogP contribution in [-0.2, 0) is 4.74 Å². The Morgan fingerprint density at radius 1 is 1.36 bits per heavy atom. The summed E-state index contributed by atoms with van der Waals surface area (Å²) in [4.78, 5) is 0. The summed E-state index contributed by atoms with van der Waals surface area (Å²) in [6, 6.07) is 7.74. The molecule has 0 aliphatic rings. The van der Waals surface area contributed by atoms with Gasteiger partial charge in [-0.3, -0.25) is 0 Å². The Morgan fingerprint density at radius 3 is 2.43 bits per heavy atom. The number of hydrogen-bond donors (Lipinski definition) is 0. The van der Waals surface area contributed by atoms with E-state index in [1.807, 2.05) is 37.3 Å². The van der Waals surface area contributed by atoms with Crippen LogP contribution in [0, 0.1) is 6.92 Å². The molecule has 0 bridgehead atoms. The van der Waals surface area contributed by atoms with E-state index in [0.29, 0.717) is 6.61 Å². The molecule has 0 saturated carbocycles. The average Bonchev–Trinajstić information content (AvgIpc) is 2.26. The third-order valence-corrected chi connectivity index (χ3v) is 1.89. The van der Waals surface area contributed by atoms with Crippen molar-refractivity contribution in [1.29, 1.82) is 0 Å². The van der Waals surface area contributed by atoms with Crippen molar-refractivity contribution >= 4 is 5.76 Å². The molecule has 0 aromatic heterocycles. The van der Waals surface area contributed by atoms with Crippen LogP contribution in [0.3, 0.4) is 0 Å². The highest BCUT2D eigenvalue weighted by atomic mass is 16.5. The molecule has 0 heterocycles. The Balaban J connectivity index is 2.84. The van der Waals surface area contributed by atoms with E-state index in [0.717, 1.165) is 17.1 Å². The van der Waals surface area contributed by atoms with E-state index in [4.69, 9.17) is 9.47 Å². The molecule has 0 aliphatic carbocycles. The number of rotatable bonds is 4. The van der Waals surface area contributed by atoms with Gasteiger partial charge in [-0.1, -0.05) is 0 Å². The second kappa shape index (κ2) is 5.32. The van der Waals surface area contributed by atoms with Gasteiger partial charge in [0.15, 0.2) is 0 Å². The first-order chi connectivity index (χ1) is 6.81. The van der Waals surface area contributed by atoms with Crippen molar-refractivity contribution in [2.45, 2.75) is 6.92 Å². The van der Waals surface area contributed by atoms with Crippen molar-refractivity contribution in [3.63, 3.8) is 0 Å². The van der Waals surface area contributed by atoms with Crippen LogP contribution in [0.15, 0.2) is 30.3 Å². The maximum atomic E-state index is 5.36. The lowest BCUT2D eigenvalue weighted by Gasteiger charge is -2.08. The minimum Gasteiger partial charge on any atom is -0.497 e. The van der Waals surface area contributed by atoms with Gasteiger partial charge in [0.05, 0.1) is 13.7 Å². The van der Waals surface area contributed by atoms with Gasteiger partial charge in [0.1, 0.15) is 11.5 Å². The molecular weight excluding hydrogens is 176 g/mol. The maximum absolute atomic E-state index is 5.36. The zero-order valence-electron chi connectivity index (χ0n) is 8.62. The van der Waals surface area contributed by atoms with Gasteiger partial charge in [0, 0.05) is 5.56 Å². The third-order valence-electron chi connectivity index (χ3n) is 1.89. The number of allylic oxidation sites excluding steroid dienone is 1. The molecule has 0 unspecified atom stereocenters. The highest BCUT2D eigenvalue weighted by Gasteiger charge is 2.00. The number of methoxy groups -OCH3 is 1. The van der Waals surface area contributed by atoms with Crippen LogP contribution in [0.4, 0.5) is 0 Å². The molecule has 2 nitrogen and oxygen atoms in total. The van der Waals surface area contributed by atoms with E-state index in [1.54, 1.807) is 7.11 Å². The highest BCUT2D eigenvalue weighted by molar-refractivity contribution is 5.60. The lowest BCUT2D eigenvalue weighted by Crippen LogP contribution is -1.91. The van der Waals surface area contributed by atoms with Crippen molar-refractivity contribution < 1.29 is 9.47 Å². The zero-order valence-corrected chi connectivity index (χ0v) is 8.62. The first-order valence-corrected chi connectivity index (χ1v) is 4.54. The lowest BCUT2D eigenvalue weighted by atomic mass is 10.2. The summed E-state index contributed by atoms with van der Waals surface area (Å²) in [7, 11) is 1.65. The second-order valence-corrected chi connectivity index (χ2v) is 2.73. The zero-order chi connectivity index (χ0) is 10.4. The van der Waals surface area contributed by atoms with Crippen LogP contribution < -0.4 is 4.74 Å². The van der Waals surface area contributed by atoms with E-state index in [2.05, 4.69) is 6.92 Å². The summed E-state index contributed by atoms with van der Waals surface area (Å²) in [6.45, 7) is 6.02. The van der Waals surface area contributed by atoms with Gasteiger partial charge in [0.2, 0.25) is 0 Å². The summed E-state index contributed by atoms with van der Waals surface area (Å²) >= 11 is 0. The standard InChI is InChI=1S/C12H15O2/c1-4-12(14-5-2)10-6-8-11(13-3)9-7-10/h4,6-9H,2,5H2,1,3H3. The lowest BCUT2D eigenvalue weighted by molar-refractivity contribution is 0.317. The van der Waals surface area contributed by atoms with Gasteiger partial charge in [-0.05, 0) is 44.2 Å². The molecule has 2 heteroatoms. The topological polar surface area (TPSA) is 18.5 Å². The van der Waals surface area contributed by atoms with Crippen LogP contribution in [0.2, 0.25) is 0 Å². The molecule has 0 N–H and O–H groups in total. The molecule has 1 radical (unpaired) electrons. The van der Waals surface area contributed by atoms with E-state index in [1.165, 1.54) is 0 Å². The second-order valence-electron chi connectivity index (χ2n) is 2.73. The molecule has 0 atom stereocenters. The van der Waals surface area contributed by atoms with Gasteiger partial charge in [0.25, 0.3) is 0 Å². The Bertz CT molecular complexity index is 299. The minimum absolute atomic E-state index is 0.436. The molecule has 0 amide bonds. The molecule has 75 valence electrons. The van der Waals surface area contributed by atoms with Gasteiger partial charge in [-0.2, -0.15) is 0 Å². The molecule has 14 heavy (non-hydrogen) atoms. The van der Waals surface area contributed by atoms with Crippen molar-refractivity contribution in [3.05, 3.63) is 42.8 Å². The third kappa shape index (κ3) is 2.52. The Labute approximate surface area is 85.2 Å². The molecular formula is C12H15O2. The monoisotopic (exact) mass is 191 g/mol. The summed E-state index contributed by atoms with van der Waals surface area (Å²) in [5.41, 5.74) is 1.04. The SMILES string of the molecule is [CH2]COC(=CC)c1ccc(OC)cc1. The fraction of sp³-hybridized carbons (Fsp3) is 0.250. The molecule has 0 saturated heterocycles. The average molecular weight is 191 g/mol. The summed E-state index contributed by atoms with van der Waals surface area (Å²) in [5.74, 6) is 1.70. The van der Waals surface area contributed by atoms with Crippen LogP contribution >= 0.6 is 0 Å². The quantitative estimate of drug-likeness (QED) is 0.681. The Morgan fingerprint density at radius 2 is 2.00 bits per heavy atom. The van der Waals surface area contributed by atoms with Crippen LogP contribution in [0.25, 0.3) is 5.76 Å². The maximum Gasteiger partial charge on any atom is 0.122 e. The normalized spacial score (nSPS) is 11.2. The highest BCUT2D eigenvalue weighted by Crippen LogP contribution is 2.19. The van der Waals surface area contributed by atoms with Crippen LogP contribution in [-0.4, -0.2) is 13.7 Å². The molecule has 1 aromatic rings. The van der Waals surface area contributed by atoms with E-state index < -0.39 is 0 Å². The summed E-state index contributed by atoms with van der Waals surface area (Å²) in [5, 5.41) is 0. The Hall–Kier alpha value is -1.44. The number of ether oxygens (including phenoxy) is 2. The van der Waals surface area contributed by atoms with Crippen molar-refractivity contribution in [3.8, 4) is 5.75 Å². The van der Waals surface area contributed by atoms with Crippen molar-refractivity contribution in [2.24, 2.45) is 0 Å². The van der Waals surface area contributed by atoms with E-state index in [9.17, 15) is 0 Å². The van der Waals surface area contributed by atoms with E-state index >= 15 is 0 Å². The molecule has 1 rings (SSSR count). The fourth-order valence-electron chi connectivity index (χ4n) is 1.20. The van der Waals surface area contributed by atoms with Gasteiger partial charge in [-0.15, -0.1) is 0 Å². The van der Waals surface area contributed by atoms with Gasteiger partial charge < -0.3 is 9.47 Å².